The van der Waals surface area contributed by atoms with E-state index in [2.05, 4.69) is 4.90 Å². The third-order valence-electron chi connectivity index (χ3n) is 2.74. The Morgan fingerprint density at radius 1 is 1.59 bits per heavy atom. The first-order chi connectivity index (χ1) is 8.15. The summed E-state index contributed by atoms with van der Waals surface area (Å²) in [5.41, 5.74) is 0. The van der Waals surface area contributed by atoms with E-state index in [9.17, 15) is 8.60 Å². The van der Waals surface area contributed by atoms with Crippen LogP contribution < -0.4 is 0 Å². The lowest BCUT2D eigenvalue weighted by Gasteiger charge is -2.29. The molecule has 0 bridgehead atoms. The van der Waals surface area contributed by atoms with Crippen molar-refractivity contribution >= 4 is 10.8 Å². The van der Waals surface area contributed by atoms with Gasteiger partial charge >= 0.3 is 0 Å². The zero-order valence-electron chi connectivity index (χ0n) is 9.77. The molecule has 94 valence electrons. The van der Waals surface area contributed by atoms with Crippen molar-refractivity contribution in [2.75, 3.05) is 32.5 Å². The van der Waals surface area contributed by atoms with Crippen molar-refractivity contribution in [1.82, 2.24) is 4.90 Å². The molecule has 1 aliphatic heterocycles. The van der Waals surface area contributed by atoms with Crippen LogP contribution in [0.25, 0.3) is 0 Å². The first-order valence-electron chi connectivity index (χ1n) is 5.59. The van der Waals surface area contributed by atoms with E-state index in [4.69, 9.17) is 4.74 Å². The second-order valence-corrected chi connectivity index (χ2v) is 5.72. The molecule has 0 saturated carbocycles. The Hall–Kier alpha value is -0.780. The molecule has 0 amide bonds. The molecule has 2 unspecified atom stereocenters. The molecule has 1 heterocycles. The van der Waals surface area contributed by atoms with Crippen LogP contribution in [0.2, 0.25) is 0 Å². The Morgan fingerprint density at radius 3 is 3.12 bits per heavy atom. The lowest BCUT2D eigenvalue weighted by molar-refractivity contribution is -0.00641. The molecule has 3 nitrogen and oxygen atoms in total. The Balaban J connectivity index is 1.97. The highest BCUT2D eigenvalue weighted by molar-refractivity contribution is 7.85. The predicted octanol–water partition coefficient (Wildman–Crippen LogP) is 1.26. The molecule has 0 aromatic heterocycles. The summed E-state index contributed by atoms with van der Waals surface area (Å²) in [7, 11) is 0.817. The monoisotopic (exact) mass is 257 g/mol. The molecule has 2 atom stereocenters. The summed E-state index contributed by atoms with van der Waals surface area (Å²) >= 11 is 0. The molecule has 1 saturated heterocycles. The van der Waals surface area contributed by atoms with Gasteiger partial charge in [-0.25, -0.2) is 4.39 Å². The lowest BCUT2D eigenvalue weighted by atomic mass is 10.3. The molecule has 0 radical (unpaired) electrons. The van der Waals surface area contributed by atoms with E-state index in [0.29, 0.717) is 17.3 Å². The van der Waals surface area contributed by atoms with Crippen molar-refractivity contribution < 1.29 is 13.3 Å². The van der Waals surface area contributed by atoms with Gasteiger partial charge in [0.2, 0.25) is 0 Å². The minimum Gasteiger partial charge on any atom is -0.375 e. The maximum Gasteiger partial charge on any atom is 0.124 e. The average Bonchev–Trinajstić information content (AvgIpc) is 2.29. The summed E-state index contributed by atoms with van der Waals surface area (Å²) in [4.78, 5) is 2.68. The van der Waals surface area contributed by atoms with E-state index < -0.39 is 10.8 Å². The summed E-state index contributed by atoms with van der Waals surface area (Å²) in [6, 6.07) is 5.94. The highest BCUT2D eigenvalue weighted by Gasteiger charge is 2.20. The summed E-state index contributed by atoms with van der Waals surface area (Å²) < 4.78 is 30.6. The van der Waals surface area contributed by atoms with Crippen LogP contribution in [-0.4, -0.2) is 47.7 Å². The maximum absolute atomic E-state index is 13.0. The molecule has 1 fully saturated rings. The summed E-state index contributed by atoms with van der Waals surface area (Å²) in [5, 5.41) is 0. The van der Waals surface area contributed by atoms with Gasteiger partial charge in [0.25, 0.3) is 0 Å². The van der Waals surface area contributed by atoms with Crippen molar-refractivity contribution in [3.05, 3.63) is 30.1 Å². The molecular formula is C12H16FNO2S. The standard InChI is InChI=1S/C12H16FNO2S/c1-14-5-6-16-11(8-14)9-17(15)12-4-2-3-10(13)7-12/h2-4,7,11H,5-6,8-9H2,1H3. The Kier molecular flexibility index (Phi) is 4.25. The number of hydrogen-bond donors (Lipinski definition) is 0. The van der Waals surface area contributed by atoms with Gasteiger partial charge in [0.15, 0.2) is 0 Å². The molecular weight excluding hydrogens is 241 g/mol. The number of likely N-dealkylation sites (N-methyl/N-ethyl adjacent to an activating group) is 1. The fourth-order valence-corrected chi connectivity index (χ4v) is 3.05. The molecule has 5 heteroatoms. The number of halogens is 1. The number of ether oxygens (including phenoxy) is 1. The third kappa shape index (κ3) is 3.59. The maximum atomic E-state index is 13.0. The fourth-order valence-electron chi connectivity index (χ4n) is 1.84. The van der Waals surface area contributed by atoms with Crippen LogP contribution in [0, 0.1) is 5.82 Å². The van der Waals surface area contributed by atoms with Crippen LogP contribution in [0.4, 0.5) is 4.39 Å². The average molecular weight is 257 g/mol. The van der Waals surface area contributed by atoms with Crippen molar-refractivity contribution in [3.63, 3.8) is 0 Å². The van der Waals surface area contributed by atoms with Gasteiger partial charge in [-0.2, -0.15) is 0 Å². The van der Waals surface area contributed by atoms with Crippen LogP contribution >= 0.6 is 0 Å². The molecule has 17 heavy (non-hydrogen) atoms. The van der Waals surface area contributed by atoms with Crippen molar-refractivity contribution in [3.8, 4) is 0 Å². The molecule has 0 spiro atoms. The van der Waals surface area contributed by atoms with Crippen LogP contribution in [0.3, 0.4) is 0 Å². The van der Waals surface area contributed by atoms with E-state index in [1.54, 1.807) is 12.1 Å². The number of benzene rings is 1. The van der Waals surface area contributed by atoms with Gasteiger partial charge in [0, 0.05) is 18.0 Å². The van der Waals surface area contributed by atoms with Crippen molar-refractivity contribution in [2.24, 2.45) is 0 Å². The van der Waals surface area contributed by atoms with E-state index in [-0.39, 0.29) is 11.9 Å². The van der Waals surface area contributed by atoms with Crippen LogP contribution in [0.1, 0.15) is 0 Å². The molecule has 1 aromatic rings. The van der Waals surface area contributed by atoms with Crippen molar-refractivity contribution in [1.29, 1.82) is 0 Å². The number of hydrogen-bond acceptors (Lipinski definition) is 3. The summed E-state index contributed by atoms with van der Waals surface area (Å²) in [6.07, 6.45) is -0.0298. The normalized spacial score (nSPS) is 23.5. The van der Waals surface area contributed by atoms with Gasteiger partial charge < -0.3 is 9.64 Å². The van der Waals surface area contributed by atoms with Crippen LogP contribution in [0.5, 0.6) is 0 Å². The van der Waals surface area contributed by atoms with Gasteiger partial charge in [-0.3, -0.25) is 4.21 Å². The van der Waals surface area contributed by atoms with Gasteiger partial charge in [0.1, 0.15) is 5.82 Å². The third-order valence-corrected chi connectivity index (χ3v) is 4.19. The van der Waals surface area contributed by atoms with E-state index in [1.165, 1.54) is 12.1 Å². The van der Waals surface area contributed by atoms with Crippen LogP contribution in [0.15, 0.2) is 29.2 Å². The minimum atomic E-state index is -1.20. The number of rotatable bonds is 3. The van der Waals surface area contributed by atoms with Gasteiger partial charge in [0.05, 0.1) is 29.3 Å². The van der Waals surface area contributed by atoms with Crippen LogP contribution in [-0.2, 0) is 15.5 Å². The Labute approximate surface area is 103 Å². The smallest absolute Gasteiger partial charge is 0.124 e. The van der Waals surface area contributed by atoms with E-state index in [0.717, 1.165) is 13.1 Å². The Morgan fingerprint density at radius 2 is 2.41 bits per heavy atom. The second kappa shape index (κ2) is 5.71. The molecule has 0 aliphatic carbocycles. The zero-order valence-corrected chi connectivity index (χ0v) is 10.6. The summed E-state index contributed by atoms with van der Waals surface area (Å²) in [6.45, 7) is 2.35. The predicted molar refractivity (Wildman–Crippen MR) is 64.9 cm³/mol. The molecule has 1 aliphatic rings. The number of morpholine rings is 1. The fraction of sp³-hybridized carbons (Fsp3) is 0.500. The van der Waals surface area contributed by atoms with Gasteiger partial charge in [-0.15, -0.1) is 0 Å². The number of nitrogens with zero attached hydrogens (tertiary/aromatic N) is 1. The SMILES string of the molecule is CN1CCOC(CS(=O)c2cccc(F)c2)C1. The summed E-state index contributed by atoms with van der Waals surface area (Å²) in [5.74, 6) is 0.0749. The first kappa shape index (κ1) is 12.7. The first-order valence-corrected chi connectivity index (χ1v) is 6.91. The molecule has 0 N–H and O–H groups in total. The van der Waals surface area contributed by atoms with E-state index >= 15 is 0 Å². The van der Waals surface area contributed by atoms with Gasteiger partial charge in [-0.1, -0.05) is 6.07 Å². The molecule has 1 aromatic carbocycles. The van der Waals surface area contributed by atoms with Crippen molar-refractivity contribution in [2.45, 2.75) is 11.0 Å². The largest absolute Gasteiger partial charge is 0.375 e. The quantitative estimate of drug-likeness (QED) is 0.816. The topological polar surface area (TPSA) is 29.5 Å². The Bertz CT molecular complexity index is 413. The van der Waals surface area contributed by atoms with Gasteiger partial charge in [-0.05, 0) is 25.2 Å². The highest BCUT2D eigenvalue weighted by atomic mass is 32.2. The zero-order chi connectivity index (χ0) is 12.3. The van der Waals surface area contributed by atoms with E-state index in [1.807, 2.05) is 7.05 Å². The highest BCUT2D eigenvalue weighted by Crippen LogP contribution is 2.12. The minimum absolute atomic E-state index is 0.0298. The molecule has 2 rings (SSSR count). The second-order valence-electron chi connectivity index (χ2n) is 4.22. The lowest BCUT2D eigenvalue weighted by Crippen LogP contribution is -2.42.